The molecule has 0 saturated carbocycles. The van der Waals surface area contributed by atoms with Gasteiger partial charge in [-0.05, 0) is 79.5 Å². The molecule has 0 N–H and O–H groups in total. The lowest BCUT2D eigenvalue weighted by Crippen LogP contribution is -2.74. The van der Waals surface area contributed by atoms with Gasteiger partial charge in [0.05, 0.1) is 22.1 Å². The van der Waals surface area contributed by atoms with E-state index in [9.17, 15) is 0 Å². The summed E-state index contributed by atoms with van der Waals surface area (Å²) in [4.78, 5) is 16.6. The van der Waals surface area contributed by atoms with Crippen molar-refractivity contribution in [3.63, 3.8) is 0 Å². The van der Waals surface area contributed by atoms with Crippen LogP contribution in [0.1, 0.15) is 45.2 Å². The fourth-order valence-corrected chi connectivity index (χ4v) is 16.2. The van der Waals surface area contributed by atoms with Gasteiger partial charge in [-0.3, -0.25) is 9.13 Å². The number of fused-ring (bicyclic) bond motifs is 7. The first kappa shape index (κ1) is 38.3. The summed E-state index contributed by atoms with van der Waals surface area (Å²) in [6.45, 7) is 9.55. The van der Waals surface area contributed by atoms with Crippen LogP contribution >= 0.6 is 0 Å². The summed E-state index contributed by atoms with van der Waals surface area (Å²) in [6.07, 6.45) is 1.09. The molecule has 0 amide bonds. The second kappa shape index (κ2) is 14.3. The van der Waals surface area contributed by atoms with Crippen molar-refractivity contribution in [2.24, 2.45) is 0 Å². The van der Waals surface area contributed by atoms with Gasteiger partial charge in [-0.25, -0.2) is 0 Å². The lowest BCUT2D eigenvalue weighted by molar-refractivity contribution is 0.403. The lowest BCUT2D eigenvalue weighted by atomic mass is 9.82. The molecule has 0 aliphatic heterocycles. The summed E-state index contributed by atoms with van der Waals surface area (Å²) in [5.41, 5.74) is 8.10. The Morgan fingerprint density at radius 2 is 0.781 bits per heavy atom. The van der Waals surface area contributed by atoms with E-state index in [1.54, 1.807) is 0 Å². The minimum absolute atomic E-state index is 0.0137. The molecule has 0 bridgehead atoms. The molecule has 308 valence electrons. The number of hydrogen-bond donors (Lipinski definition) is 0. The Labute approximate surface area is 374 Å². The van der Waals surface area contributed by atoms with Gasteiger partial charge in [-0.1, -0.05) is 198 Å². The highest BCUT2D eigenvalue weighted by Crippen LogP contribution is 2.51. The van der Waals surface area contributed by atoms with Gasteiger partial charge in [0.2, 0.25) is 11.9 Å². The van der Waals surface area contributed by atoms with Crippen LogP contribution in [0.2, 0.25) is 0 Å². The molecule has 6 heteroatoms. The minimum Gasteiger partial charge on any atom is -0.278 e. The van der Waals surface area contributed by atoms with Crippen molar-refractivity contribution in [3.8, 4) is 23.3 Å². The van der Waals surface area contributed by atoms with E-state index in [1.165, 1.54) is 42.6 Å². The summed E-state index contributed by atoms with van der Waals surface area (Å²) in [6, 6.07) is 73.0. The number of hydrogen-bond acceptors (Lipinski definition) is 3. The van der Waals surface area contributed by atoms with Crippen LogP contribution < -0.4 is 20.7 Å². The van der Waals surface area contributed by atoms with E-state index >= 15 is 0 Å². The molecule has 0 spiro atoms. The molecule has 64 heavy (non-hydrogen) atoms. The molecule has 0 radical (unpaired) electrons. The molecule has 12 rings (SSSR count). The number of aromatic nitrogens is 5. The predicted molar refractivity (Wildman–Crippen MR) is 268 cm³/mol. The van der Waals surface area contributed by atoms with Crippen LogP contribution in [-0.4, -0.2) is 32.2 Å². The largest absolute Gasteiger partial charge is 0.278 e. The first-order chi connectivity index (χ1) is 31.2. The highest BCUT2D eigenvalue weighted by atomic mass is 28.3. The highest BCUT2D eigenvalue weighted by Gasteiger charge is 2.43. The highest BCUT2D eigenvalue weighted by molar-refractivity contribution is 7.19. The number of para-hydroxylation sites is 3. The maximum absolute atomic E-state index is 5.56. The fourth-order valence-electron chi connectivity index (χ4n) is 11.4. The number of nitrogens with zero attached hydrogens (tertiary/aromatic N) is 5. The van der Waals surface area contributed by atoms with Crippen LogP contribution in [0.15, 0.2) is 200 Å². The van der Waals surface area contributed by atoms with E-state index in [0.29, 0.717) is 17.7 Å². The quantitative estimate of drug-likeness (QED) is 0.119. The predicted octanol–water partition coefficient (Wildman–Crippen LogP) is 11.1. The number of rotatable bonds is 7. The van der Waals surface area contributed by atoms with Gasteiger partial charge < -0.3 is 0 Å². The molecule has 1 aliphatic rings. The van der Waals surface area contributed by atoms with E-state index in [1.807, 2.05) is 0 Å². The van der Waals surface area contributed by atoms with Crippen LogP contribution in [0.5, 0.6) is 0 Å². The molecule has 11 aromatic rings. The molecule has 8 aromatic carbocycles. The van der Waals surface area contributed by atoms with E-state index in [2.05, 4.69) is 237 Å². The zero-order valence-corrected chi connectivity index (χ0v) is 37.5. The maximum Gasteiger partial charge on any atom is 0.240 e. The average Bonchev–Trinajstić information content (AvgIpc) is 3.91. The summed E-state index contributed by atoms with van der Waals surface area (Å²) in [5.74, 6) is 1.79. The molecule has 0 atom stereocenters. The third-order valence-electron chi connectivity index (χ3n) is 13.9. The van der Waals surface area contributed by atoms with Crippen LogP contribution in [0, 0.1) is 0 Å². The monoisotopic (exact) mass is 841 g/mol. The van der Waals surface area contributed by atoms with Crippen LogP contribution in [0.4, 0.5) is 0 Å². The van der Waals surface area contributed by atoms with Gasteiger partial charge in [-0.2, -0.15) is 15.0 Å². The molecule has 0 saturated heterocycles. The minimum atomic E-state index is -2.86. The Bertz CT molecular complexity index is 3440. The third-order valence-corrected chi connectivity index (χ3v) is 18.7. The lowest BCUT2D eigenvalue weighted by Gasteiger charge is -2.34. The van der Waals surface area contributed by atoms with Crippen molar-refractivity contribution in [2.75, 3.05) is 0 Å². The van der Waals surface area contributed by atoms with Crippen molar-refractivity contribution < 1.29 is 0 Å². The zero-order chi connectivity index (χ0) is 43.2. The van der Waals surface area contributed by atoms with Crippen LogP contribution in [-0.2, 0) is 10.8 Å². The van der Waals surface area contributed by atoms with Crippen molar-refractivity contribution in [1.29, 1.82) is 0 Å². The van der Waals surface area contributed by atoms with Crippen molar-refractivity contribution in [2.45, 2.75) is 44.9 Å². The van der Waals surface area contributed by atoms with E-state index < -0.39 is 8.07 Å². The third kappa shape index (κ3) is 5.72. The van der Waals surface area contributed by atoms with Crippen molar-refractivity contribution >= 4 is 72.4 Å². The van der Waals surface area contributed by atoms with Gasteiger partial charge in [0.15, 0.2) is 13.9 Å². The SMILES string of the molecule is CC1(C)CC(C)(C)c2cc3c(cc21)c1ccccc1n3-c1nc(-c2cccc([Si](c3ccccc3)(c3ccccc3)c3ccccc3)c2)nc(-n2c3ccccc3c3ccccc32)n1. The van der Waals surface area contributed by atoms with E-state index in [0.717, 1.165) is 44.8 Å². The molecule has 0 fully saturated rings. The van der Waals surface area contributed by atoms with Gasteiger partial charge in [0.1, 0.15) is 0 Å². The molecule has 5 nitrogen and oxygen atoms in total. The molecular formula is C58H47N5Si. The van der Waals surface area contributed by atoms with E-state index in [4.69, 9.17) is 15.0 Å². The van der Waals surface area contributed by atoms with Crippen molar-refractivity contribution in [3.05, 3.63) is 211 Å². The van der Waals surface area contributed by atoms with Gasteiger partial charge in [0, 0.05) is 27.1 Å². The van der Waals surface area contributed by atoms with Crippen LogP contribution in [0.3, 0.4) is 0 Å². The summed E-state index contributed by atoms with van der Waals surface area (Å²) >= 11 is 0. The first-order valence-corrected chi connectivity index (χ1v) is 24.3. The normalized spacial score (nSPS) is 14.4. The summed E-state index contributed by atoms with van der Waals surface area (Å²) in [5, 5.41) is 9.92. The molecule has 1 aliphatic carbocycles. The first-order valence-electron chi connectivity index (χ1n) is 22.3. The smallest absolute Gasteiger partial charge is 0.240 e. The second-order valence-electron chi connectivity index (χ2n) is 18.8. The Hall–Kier alpha value is -7.41. The zero-order valence-electron chi connectivity index (χ0n) is 36.5. The van der Waals surface area contributed by atoms with E-state index in [-0.39, 0.29) is 10.8 Å². The standard InChI is InChI=1S/C58H47N5Si/c1-57(2)38-58(3,4)49-37-53-47(36-48(49)57)46-31-16-19-34-52(46)63(53)56-60-54(59-55(61-56)62-50-32-17-14-29-44(50)45-30-15-18-33-51(45)62)39-21-20-28-43(35-39)64(40-22-8-5-9-23-40,41-24-10-6-11-25-41)42-26-12-7-13-27-42/h5-37H,38H2,1-4H3. The maximum atomic E-state index is 5.56. The molecular weight excluding hydrogens is 795 g/mol. The Kier molecular flexibility index (Phi) is 8.56. The van der Waals surface area contributed by atoms with Crippen molar-refractivity contribution in [1.82, 2.24) is 24.1 Å². The summed E-state index contributed by atoms with van der Waals surface area (Å²) < 4.78 is 4.51. The number of benzene rings is 8. The average molecular weight is 842 g/mol. The summed E-state index contributed by atoms with van der Waals surface area (Å²) in [7, 11) is -2.86. The molecule has 3 aromatic heterocycles. The molecule has 0 unspecified atom stereocenters. The van der Waals surface area contributed by atoms with Gasteiger partial charge in [0.25, 0.3) is 0 Å². The fraction of sp³-hybridized carbons (Fsp3) is 0.121. The Morgan fingerprint density at radius 1 is 0.375 bits per heavy atom. The van der Waals surface area contributed by atoms with Gasteiger partial charge in [-0.15, -0.1) is 0 Å². The second-order valence-corrected chi connectivity index (χ2v) is 22.6. The Balaban J connectivity index is 1.17. The Morgan fingerprint density at radius 3 is 1.28 bits per heavy atom. The molecule has 3 heterocycles. The van der Waals surface area contributed by atoms with Gasteiger partial charge >= 0.3 is 0 Å². The topological polar surface area (TPSA) is 48.5 Å². The van der Waals surface area contributed by atoms with Crippen LogP contribution in [0.25, 0.3) is 66.9 Å².